The molecule has 1 aromatic heterocycles. The quantitative estimate of drug-likeness (QED) is 0.805. The van der Waals surface area contributed by atoms with Gasteiger partial charge in [-0.15, -0.1) is 0 Å². The minimum atomic E-state index is 0.277. The first-order valence-corrected chi connectivity index (χ1v) is 6.24. The van der Waals surface area contributed by atoms with Crippen LogP contribution in [0.15, 0.2) is 4.52 Å². The molecule has 1 aliphatic heterocycles. The molecule has 2 heterocycles. The van der Waals surface area contributed by atoms with Gasteiger partial charge in [-0.3, -0.25) is 4.90 Å². The highest BCUT2D eigenvalue weighted by Crippen LogP contribution is 2.16. The zero-order chi connectivity index (χ0) is 12.4. The highest BCUT2D eigenvalue weighted by atomic mass is 16.5. The second-order valence-electron chi connectivity index (χ2n) is 5.12. The van der Waals surface area contributed by atoms with E-state index in [4.69, 9.17) is 9.26 Å². The largest absolute Gasteiger partial charge is 0.376 e. The van der Waals surface area contributed by atoms with Crippen molar-refractivity contribution in [2.75, 3.05) is 13.2 Å². The van der Waals surface area contributed by atoms with E-state index in [-0.39, 0.29) is 6.10 Å². The molecule has 0 bridgehead atoms. The van der Waals surface area contributed by atoms with Crippen molar-refractivity contribution in [3.63, 3.8) is 0 Å². The molecular weight excluding hydrogens is 218 g/mol. The molecule has 1 fully saturated rings. The topological polar surface area (TPSA) is 51.4 Å². The van der Waals surface area contributed by atoms with Crippen LogP contribution in [-0.4, -0.2) is 40.3 Å². The van der Waals surface area contributed by atoms with Crippen molar-refractivity contribution in [1.29, 1.82) is 0 Å². The molecule has 1 saturated heterocycles. The van der Waals surface area contributed by atoms with Gasteiger partial charge in [-0.25, -0.2) is 0 Å². The number of morpholine rings is 1. The third kappa shape index (κ3) is 3.04. The van der Waals surface area contributed by atoms with Crippen molar-refractivity contribution in [1.82, 2.24) is 15.0 Å². The van der Waals surface area contributed by atoms with Crippen LogP contribution in [0.5, 0.6) is 0 Å². The fourth-order valence-corrected chi connectivity index (χ4v) is 1.93. The maximum absolute atomic E-state index is 5.59. The molecule has 96 valence electrons. The molecule has 0 amide bonds. The van der Waals surface area contributed by atoms with Crippen molar-refractivity contribution in [2.45, 2.75) is 52.3 Å². The van der Waals surface area contributed by atoms with Crippen molar-refractivity contribution in [2.24, 2.45) is 0 Å². The Bertz CT molecular complexity index is 364. The zero-order valence-corrected chi connectivity index (χ0v) is 11.0. The fourth-order valence-electron chi connectivity index (χ4n) is 1.93. The van der Waals surface area contributed by atoms with E-state index >= 15 is 0 Å². The summed E-state index contributed by atoms with van der Waals surface area (Å²) in [5, 5.41) is 3.98. The third-order valence-corrected chi connectivity index (χ3v) is 3.08. The van der Waals surface area contributed by atoms with E-state index in [1.807, 2.05) is 0 Å². The lowest BCUT2D eigenvalue weighted by Gasteiger charge is -2.35. The van der Waals surface area contributed by atoms with Gasteiger partial charge in [0.25, 0.3) is 0 Å². The summed E-state index contributed by atoms with van der Waals surface area (Å²) in [6, 6.07) is 0.403. The van der Waals surface area contributed by atoms with Crippen LogP contribution in [-0.2, 0) is 11.3 Å². The van der Waals surface area contributed by atoms with Crippen molar-refractivity contribution >= 4 is 0 Å². The van der Waals surface area contributed by atoms with Crippen LogP contribution in [0.3, 0.4) is 0 Å². The van der Waals surface area contributed by atoms with Crippen LogP contribution in [0.2, 0.25) is 0 Å². The van der Waals surface area contributed by atoms with Crippen LogP contribution in [0.1, 0.15) is 45.3 Å². The first kappa shape index (κ1) is 12.5. The van der Waals surface area contributed by atoms with E-state index in [2.05, 4.69) is 42.7 Å². The van der Waals surface area contributed by atoms with E-state index in [0.29, 0.717) is 24.4 Å². The second-order valence-corrected chi connectivity index (χ2v) is 5.12. The molecule has 2 unspecified atom stereocenters. The van der Waals surface area contributed by atoms with Gasteiger partial charge in [-0.05, 0) is 13.8 Å². The normalized spacial score (nSPS) is 26.6. The van der Waals surface area contributed by atoms with Gasteiger partial charge in [0, 0.05) is 18.5 Å². The van der Waals surface area contributed by atoms with Gasteiger partial charge < -0.3 is 9.26 Å². The van der Waals surface area contributed by atoms with Crippen LogP contribution in [0, 0.1) is 0 Å². The van der Waals surface area contributed by atoms with Gasteiger partial charge in [0.1, 0.15) is 0 Å². The van der Waals surface area contributed by atoms with Gasteiger partial charge >= 0.3 is 0 Å². The minimum Gasteiger partial charge on any atom is -0.376 e. The van der Waals surface area contributed by atoms with E-state index < -0.39 is 0 Å². The Morgan fingerprint density at radius 3 is 2.82 bits per heavy atom. The molecule has 5 heteroatoms. The van der Waals surface area contributed by atoms with E-state index in [1.165, 1.54) is 0 Å². The molecule has 5 nitrogen and oxygen atoms in total. The number of rotatable bonds is 3. The van der Waals surface area contributed by atoms with E-state index in [9.17, 15) is 0 Å². The van der Waals surface area contributed by atoms with E-state index in [1.54, 1.807) is 0 Å². The summed E-state index contributed by atoms with van der Waals surface area (Å²) >= 11 is 0. The summed E-state index contributed by atoms with van der Waals surface area (Å²) in [6.45, 7) is 10.8. The number of hydrogen-bond donors (Lipinski definition) is 0. The second kappa shape index (κ2) is 5.14. The molecule has 0 radical (unpaired) electrons. The summed E-state index contributed by atoms with van der Waals surface area (Å²) in [7, 11) is 0. The highest BCUT2D eigenvalue weighted by Gasteiger charge is 2.25. The molecule has 0 aliphatic carbocycles. The van der Waals surface area contributed by atoms with Crippen LogP contribution in [0.4, 0.5) is 0 Å². The number of ether oxygens (including phenoxy) is 1. The Morgan fingerprint density at radius 2 is 2.18 bits per heavy atom. The Hall–Kier alpha value is -0.940. The molecule has 0 spiro atoms. The number of hydrogen-bond acceptors (Lipinski definition) is 5. The van der Waals surface area contributed by atoms with Crippen LogP contribution >= 0.6 is 0 Å². The Kier molecular flexibility index (Phi) is 3.79. The molecule has 1 aromatic rings. The van der Waals surface area contributed by atoms with Crippen molar-refractivity contribution in [3.05, 3.63) is 11.7 Å². The molecule has 0 aromatic carbocycles. The van der Waals surface area contributed by atoms with Crippen LogP contribution < -0.4 is 0 Å². The lowest BCUT2D eigenvalue weighted by molar-refractivity contribution is -0.0555. The Balaban J connectivity index is 1.98. The first-order valence-electron chi connectivity index (χ1n) is 6.24. The predicted octanol–water partition coefficient (Wildman–Crippen LogP) is 1.80. The fraction of sp³-hybridized carbons (Fsp3) is 0.833. The minimum absolute atomic E-state index is 0.277. The maximum Gasteiger partial charge on any atom is 0.240 e. The van der Waals surface area contributed by atoms with Gasteiger partial charge in [0.2, 0.25) is 5.89 Å². The summed E-state index contributed by atoms with van der Waals surface area (Å²) < 4.78 is 10.9. The van der Waals surface area contributed by atoms with Gasteiger partial charge in [0.15, 0.2) is 5.82 Å². The lowest BCUT2D eigenvalue weighted by atomic mass is 10.2. The van der Waals surface area contributed by atoms with Gasteiger partial charge in [-0.1, -0.05) is 19.0 Å². The molecule has 0 N–H and O–H groups in total. The van der Waals surface area contributed by atoms with Gasteiger partial charge in [-0.2, -0.15) is 4.98 Å². The van der Waals surface area contributed by atoms with E-state index in [0.717, 1.165) is 19.0 Å². The monoisotopic (exact) mass is 239 g/mol. The summed E-state index contributed by atoms with van der Waals surface area (Å²) in [5.41, 5.74) is 0. The van der Waals surface area contributed by atoms with Crippen LogP contribution in [0.25, 0.3) is 0 Å². The SMILES string of the molecule is CC1CN(Cc2nc(C(C)C)no2)C(C)CO1. The molecule has 2 atom stereocenters. The number of nitrogens with zero attached hydrogens (tertiary/aromatic N) is 3. The standard InChI is InChI=1S/C12H21N3O2/c1-8(2)12-13-11(17-14-12)6-15-5-10(4)16-7-9(15)3/h8-10H,5-7H2,1-4H3. The molecular formula is C12H21N3O2. The summed E-state index contributed by atoms with van der Waals surface area (Å²) in [5.74, 6) is 1.80. The molecule has 0 saturated carbocycles. The molecule has 1 aliphatic rings. The van der Waals surface area contributed by atoms with Crippen molar-refractivity contribution in [3.8, 4) is 0 Å². The van der Waals surface area contributed by atoms with Gasteiger partial charge in [0.05, 0.1) is 19.3 Å². The average molecular weight is 239 g/mol. The highest BCUT2D eigenvalue weighted by molar-refractivity contribution is 4.92. The van der Waals surface area contributed by atoms with Crippen molar-refractivity contribution < 1.29 is 9.26 Å². The predicted molar refractivity (Wildman–Crippen MR) is 63.7 cm³/mol. The molecule has 2 rings (SSSR count). The maximum atomic E-state index is 5.59. The summed E-state index contributed by atoms with van der Waals surface area (Å²) in [6.07, 6.45) is 0.277. The number of aromatic nitrogens is 2. The third-order valence-electron chi connectivity index (χ3n) is 3.08. The Morgan fingerprint density at radius 1 is 1.41 bits per heavy atom. The Labute approximate surface area is 102 Å². The summed E-state index contributed by atoms with van der Waals surface area (Å²) in [4.78, 5) is 6.73. The average Bonchev–Trinajstić information content (AvgIpc) is 2.72. The zero-order valence-electron chi connectivity index (χ0n) is 11.0. The first-order chi connectivity index (χ1) is 8.06. The smallest absolute Gasteiger partial charge is 0.240 e. The lowest BCUT2D eigenvalue weighted by Crippen LogP contribution is -2.46. The molecule has 17 heavy (non-hydrogen) atoms.